The molecule has 0 saturated carbocycles. The molecule has 84 valence electrons. The summed E-state index contributed by atoms with van der Waals surface area (Å²) in [6, 6.07) is 0. The Morgan fingerprint density at radius 3 is 2.93 bits per heavy atom. The molecule has 0 bridgehead atoms. The molecular weight excluding hydrogens is 200 g/mol. The number of hydrogen-bond acceptors (Lipinski definition) is 6. The molecule has 1 aromatic rings. The molecule has 1 aromatic heterocycles. The Bertz CT molecular complexity index is 325. The molecule has 0 radical (unpaired) electrons. The second-order valence-electron chi connectivity index (χ2n) is 2.95. The monoisotopic (exact) mass is 214 g/mol. The van der Waals surface area contributed by atoms with Crippen LogP contribution in [0.4, 0.5) is 0 Å². The van der Waals surface area contributed by atoms with Crippen molar-refractivity contribution >= 4 is 5.97 Å². The fourth-order valence-electron chi connectivity index (χ4n) is 0.988. The van der Waals surface area contributed by atoms with Gasteiger partial charge in [0.25, 0.3) is 5.82 Å². The number of nitrogens with zero attached hydrogens (tertiary/aromatic N) is 4. The number of hydrogen-bond donors (Lipinski definition) is 0. The first-order valence-corrected chi connectivity index (χ1v) is 4.65. The zero-order valence-electron chi connectivity index (χ0n) is 9.01. The summed E-state index contributed by atoms with van der Waals surface area (Å²) in [5.74, 6) is -0.424. The van der Waals surface area contributed by atoms with Crippen LogP contribution >= 0.6 is 0 Å². The molecular formula is C8H14N4O3. The van der Waals surface area contributed by atoms with Crippen molar-refractivity contribution in [3.63, 3.8) is 0 Å². The van der Waals surface area contributed by atoms with Gasteiger partial charge in [-0.3, -0.25) is 0 Å². The highest BCUT2D eigenvalue weighted by molar-refractivity contribution is 5.85. The van der Waals surface area contributed by atoms with Crippen molar-refractivity contribution in [3.8, 4) is 0 Å². The molecule has 1 atom stereocenters. The van der Waals surface area contributed by atoms with Crippen LogP contribution in [0.15, 0.2) is 0 Å². The Balaban J connectivity index is 2.73. The Labute approximate surface area is 87.4 Å². The van der Waals surface area contributed by atoms with Gasteiger partial charge in [0.05, 0.1) is 19.3 Å². The number of carbonyl (C=O) groups is 1. The average Bonchev–Trinajstić information content (AvgIpc) is 2.66. The second kappa shape index (κ2) is 5.40. The van der Waals surface area contributed by atoms with Gasteiger partial charge in [-0.2, -0.15) is 0 Å². The highest BCUT2D eigenvalue weighted by Crippen LogP contribution is 1.99. The van der Waals surface area contributed by atoms with Gasteiger partial charge in [0, 0.05) is 7.11 Å². The van der Waals surface area contributed by atoms with E-state index in [0.29, 0.717) is 13.2 Å². The lowest BCUT2D eigenvalue weighted by atomic mass is 10.4. The van der Waals surface area contributed by atoms with Gasteiger partial charge in [0.1, 0.15) is 0 Å². The van der Waals surface area contributed by atoms with Crippen LogP contribution in [-0.2, 0) is 16.0 Å². The predicted octanol–water partition coefficient (Wildman–Crippen LogP) is -0.115. The number of rotatable bonds is 5. The standard InChI is InChI=1S/C8H14N4O3/c1-4-15-8(13)7-9-10-11-12(7)5-6(2)14-3/h6H,4-5H2,1-3H3. The molecule has 1 unspecified atom stereocenters. The van der Waals surface area contributed by atoms with E-state index in [1.807, 2.05) is 6.92 Å². The minimum Gasteiger partial charge on any atom is -0.460 e. The summed E-state index contributed by atoms with van der Waals surface area (Å²) in [5, 5.41) is 10.7. The number of methoxy groups -OCH3 is 1. The molecule has 0 fully saturated rings. The molecule has 0 aliphatic carbocycles. The number of carbonyl (C=O) groups excluding carboxylic acids is 1. The summed E-state index contributed by atoms with van der Waals surface area (Å²) in [6.45, 7) is 4.30. The van der Waals surface area contributed by atoms with Gasteiger partial charge in [-0.05, 0) is 24.3 Å². The van der Waals surface area contributed by atoms with Crippen molar-refractivity contribution in [2.75, 3.05) is 13.7 Å². The predicted molar refractivity (Wildman–Crippen MR) is 50.2 cm³/mol. The Morgan fingerprint density at radius 1 is 1.60 bits per heavy atom. The van der Waals surface area contributed by atoms with E-state index < -0.39 is 5.97 Å². The lowest BCUT2D eigenvalue weighted by Gasteiger charge is -2.09. The van der Waals surface area contributed by atoms with E-state index in [-0.39, 0.29) is 11.9 Å². The third-order valence-electron chi connectivity index (χ3n) is 1.82. The van der Waals surface area contributed by atoms with Crippen LogP contribution in [0.3, 0.4) is 0 Å². The van der Waals surface area contributed by atoms with E-state index in [4.69, 9.17) is 9.47 Å². The van der Waals surface area contributed by atoms with Crippen molar-refractivity contribution in [1.82, 2.24) is 20.2 Å². The van der Waals surface area contributed by atoms with Crippen molar-refractivity contribution in [3.05, 3.63) is 5.82 Å². The Kier molecular flexibility index (Phi) is 4.17. The van der Waals surface area contributed by atoms with Gasteiger partial charge in [-0.25, -0.2) is 9.48 Å². The summed E-state index contributed by atoms with van der Waals surface area (Å²) in [7, 11) is 1.58. The number of esters is 1. The summed E-state index contributed by atoms with van der Waals surface area (Å²) < 4.78 is 11.2. The minimum atomic E-state index is -0.522. The molecule has 0 spiro atoms. The quantitative estimate of drug-likeness (QED) is 0.636. The van der Waals surface area contributed by atoms with Crippen molar-refractivity contribution in [2.45, 2.75) is 26.5 Å². The SMILES string of the molecule is CCOC(=O)c1nnnn1CC(C)OC. The van der Waals surface area contributed by atoms with Crippen LogP contribution in [0, 0.1) is 0 Å². The van der Waals surface area contributed by atoms with Crippen LogP contribution < -0.4 is 0 Å². The topological polar surface area (TPSA) is 79.1 Å². The average molecular weight is 214 g/mol. The molecule has 7 heteroatoms. The van der Waals surface area contributed by atoms with Crippen LogP contribution in [0.1, 0.15) is 24.5 Å². The Hall–Kier alpha value is -1.50. The lowest BCUT2D eigenvalue weighted by Crippen LogP contribution is -2.21. The third kappa shape index (κ3) is 2.98. The molecule has 0 amide bonds. The molecule has 0 aliphatic heterocycles. The van der Waals surface area contributed by atoms with Gasteiger partial charge < -0.3 is 9.47 Å². The van der Waals surface area contributed by atoms with Gasteiger partial charge in [0.2, 0.25) is 0 Å². The van der Waals surface area contributed by atoms with Crippen LogP contribution in [0.25, 0.3) is 0 Å². The van der Waals surface area contributed by atoms with E-state index in [9.17, 15) is 4.79 Å². The largest absolute Gasteiger partial charge is 0.460 e. The molecule has 0 N–H and O–H groups in total. The summed E-state index contributed by atoms with van der Waals surface area (Å²) in [5.41, 5.74) is 0. The van der Waals surface area contributed by atoms with E-state index >= 15 is 0 Å². The van der Waals surface area contributed by atoms with Gasteiger partial charge in [-0.1, -0.05) is 0 Å². The van der Waals surface area contributed by atoms with Crippen LogP contribution in [0.2, 0.25) is 0 Å². The molecule has 1 heterocycles. The van der Waals surface area contributed by atoms with Crippen LogP contribution in [0.5, 0.6) is 0 Å². The Morgan fingerprint density at radius 2 is 2.33 bits per heavy atom. The zero-order chi connectivity index (χ0) is 11.3. The van der Waals surface area contributed by atoms with Gasteiger partial charge in [0.15, 0.2) is 0 Å². The molecule has 0 saturated heterocycles. The fourth-order valence-corrected chi connectivity index (χ4v) is 0.988. The summed E-state index contributed by atoms with van der Waals surface area (Å²) in [4.78, 5) is 11.4. The third-order valence-corrected chi connectivity index (χ3v) is 1.82. The maximum absolute atomic E-state index is 11.4. The normalized spacial score (nSPS) is 12.5. The second-order valence-corrected chi connectivity index (χ2v) is 2.95. The van der Waals surface area contributed by atoms with Gasteiger partial charge >= 0.3 is 5.97 Å². The van der Waals surface area contributed by atoms with Crippen molar-refractivity contribution in [1.29, 1.82) is 0 Å². The highest BCUT2D eigenvalue weighted by atomic mass is 16.5. The maximum Gasteiger partial charge on any atom is 0.378 e. The molecule has 0 aromatic carbocycles. The first kappa shape index (κ1) is 11.6. The highest BCUT2D eigenvalue weighted by Gasteiger charge is 2.17. The molecule has 1 rings (SSSR count). The smallest absolute Gasteiger partial charge is 0.378 e. The van der Waals surface area contributed by atoms with E-state index in [2.05, 4.69) is 15.5 Å². The number of ether oxygens (including phenoxy) is 2. The maximum atomic E-state index is 11.4. The molecule has 7 nitrogen and oxygen atoms in total. The summed E-state index contributed by atoms with van der Waals surface area (Å²) >= 11 is 0. The van der Waals surface area contributed by atoms with E-state index in [1.54, 1.807) is 14.0 Å². The number of aromatic nitrogens is 4. The van der Waals surface area contributed by atoms with E-state index in [1.165, 1.54) is 4.68 Å². The molecule has 0 aliphatic rings. The fraction of sp³-hybridized carbons (Fsp3) is 0.750. The zero-order valence-corrected chi connectivity index (χ0v) is 9.01. The van der Waals surface area contributed by atoms with Crippen molar-refractivity contribution < 1.29 is 14.3 Å². The first-order chi connectivity index (χ1) is 7.19. The van der Waals surface area contributed by atoms with Gasteiger partial charge in [-0.15, -0.1) is 5.10 Å². The summed E-state index contributed by atoms with van der Waals surface area (Å²) in [6.07, 6.45) is -0.0679. The van der Waals surface area contributed by atoms with Crippen molar-refractivity contribution in [2.24, 2.45) is 0 Å². The number of tetrazole rings is 1. The first-order valence-electron chi connectivity index (χ1n) is 4.65. The lowest BCUT2D eigenvalue weighted by molar-refractivity contribution is 0.0493. The van der Waals surface area contributed by atoms with E-state index in [0.717, 1.165) is 0 Å². The minimum absolute atomic E-state index is 0.0679. The van der Waals surface area contributed by atoms with Crippen LogP contribution in [-0.4, -0.2) is 46.0 Å². The molecule has 15 heavy (non-hydrogen) atoms.